The second-order valence-corrected chi connectivity index (χ2v) is 7.06. The molecular weight excluding hydrogens is 437 g/mol. The van der Waals surface area contributed by atoms with Gasteiger partial charge in [-0.1, -0.05) is 35.9 Å². The molecule has 1 aliphatic rings. The number of ether oxygens (including phenoxy) is 3. The van der Waals surface area contributed by atoms with Crippen LogP contribution in [0.2, 0.25) is 5.02 Å². The van der Waals surface area contributed by atoms with Gasteiger partial charge in [-0.15, -0.1) is 0 Å². The van der Waals surface area contributed by atoms with E-state index in [1.54, 1.807) is 36.4 Å². The Morgan fingerprint density at radius 2 is 1.91 bits per heavy atom. The number of hydrogen-bond acceptors (Lipinski definition) is 6. The number of carbonyl (C=O) groups is 2. The van der Waals surface area contributed by atoms with Gasteiger partial charge in [0.2, 0.25) is 5.90 Å². The Morgan fingerprint density at radius 1 is 1.09 bits per heavy atom. The smallest absolute Gasteiger partial charge is 0.363 e. The highest BCUT2D eigenvalue weighted by Gasteiger charge is 2.26. The fourth-order valence-corrected chi connectivity index (χ4v) is 3.16. The van der Waals surface area contributed by atoms with Crippen LogP contribution in [0.15, 0.2) is 77.4 Å². The lowest BCUT2D eigenvalue weighted by atomic mass is 10.1. The van der Waals surface area contributed by atoms with Crippen LogP contribution >= 0.6 is 11.6 Å². The standard InChI is InChI=1S/C24H15ClFNO5/c1-30-21-10-9-15(25)13-18(21)22-27-20(24(29)32-22)12-14-5-4-6-16(11-14)31-23(28)17-7-2-3-8-19(17)26/h2-13H,1H3. The van der Waals surface area contributed by atoms with Gasteiger partial charge >= 0.3 is 11.9 Å². The first kappa shape index (κ1) is 21.3. The first-order valence-electron chi connectivity index (χ1n) is 9.38. The van der Waals surface area contributed by atoms with Gasteiger partial charge < -0.3 is 14.2 Å². The molecule has 1 aliphatic heterocycles. The van der Waals surface area contributed by atoms with Gasteiger partial charge in [-0.05, 0) is 54.1 Å². The molecule has 0 saturated carbocycles. The van der Waals surface area contributed by atoms with Gasteiger partial charge in [0.15, 0.2) is 5.70 Å². The predicted molar refractivity (Wildman–Crippen MR) is 116 cm³/mol. The molecule has 1 heterocycles. The molecule has 4 rings (SSSR count). The number of methoxy groups -OCH3 is 1. The van der Waals surface area contributed by atoms with Crippen LogP contribution in [-0.2, 0) is 9.53 Å². The molecule has 32 heavy (non-hydrogen) atoms. The first-order valence-corrected chi connectivity index (χ1v) is 9.75. The van der Waals surface area contributed by atoms with E-state index in [1.165, 1.54) is 43.5 Å². The molecule has 0 bridgehead atoms. The summed E-state index contributed by atoms with van der Waals surface area (Å²) in [5.41, 5.74) is 0.822. The molecule has 0 unspecified atom stereocenters. The number of esters is 2. The number of cyclic esters (lactones) is 1. The van der Waals surface area contributed by atoms with Crippen molar-refractivity contribution in [2.24, 2.45) is 4.99 Å². The van der Waals surface area contributed by atoms with E-state index in [4.69, 9.17) is 25.8 Å². The van der Waals surface area contributed by atoms with Crippen molar-refractivity contribution in [1.82, 2.24) is 0 Å². The van der Waals surface area contributed by atoms with Crippen molar-refractivity contribution < 1.29 is 28.2 Å². The Hall–Kier alpha value is -3.97. The maximum atomic E-state index is 13.8. The second-order valence-electron chi connectivity index (χ2n) is 6.62. The van der Waals surface area contributed by atoms with E-state index < -0.39 is 17.8 Å². The quantitative estimate of drug-likeness (QED) is 0.308. The normalized spacial score (nSPS) is 14.2. The van der Waals surface area contributed by atoms with Crippen molar-refractivity contribution in [2.45, 2.75) is 0 Å². The zero-order chi connectivity index (χ0) is 22.7. The van der Waals surface area contributed by atoms with Crippen LogP contribution in [-0.4, -0.2) is 24.9 Å². The Labute approximate surface area is 187 Å². The van der Waals surface area contributed by atoms with E-state index in [0.717, 1.165) is 0 Å². The number of hydrogen-bond donors (Lipinski definition) is 0. The van der Waals surface area contributed by atoms with Crippen molar-refractivity contribution in [3.63, 3.8) is 0 Å². The molecular formula is C24H15ClFNO5. The molecule has 6 nitrogen and oxygen atoms in total. The van der Waals surface area contributed by atoms with Gasteiger partial charge in [0.1, 0.15) is 17.3 Å². The van der Waals surface area contributed by atoms with Crippen LogP contribution in [0.25, 0.3) is 6.08 Å². The maximum Gasteiger partial charge on any atom is 0.363 e. The van der Waals surface area contributed by atoms with Crippen LogP contribution in [0.1, 0.15) is 21.5 Å². The summed E-state index contributed by atoms with van der Waals surface area (Å²) in [5, 5.41) is 0.432. The SMILES string of the molecule is COc1ccc(Cl)cc1C1=NC(=Cc2cccc(OC(=O)c3ccccc3F)c2)C(=O)O1. The fraction of sp³-hybridized carbons (Fsp3) is 0.0417. The highest BCUT2D eigenvalue weighted by Crippen LogP contribution is 2.28. The summed E-state index contributed by atoms with van der Waals surface area (Å²) in [4.78, 5) is 28.8. The van der Waals surface area contributed by atoms with Crippen molar-refractivity contribution >= 4 is 35.5 Å². The molecule has 0 saturated heterocycles. The summed E-state index contributed by atoms with van der Waals surface area (Å²) < 4.78 is 29.6. The summed E-state index contributed by atoms with van der Waals surface area (Å²) in [6.45, 7) is 0. The monoisotopic (exact) mass is 451 g/mol. The van der Waals surface area contributed by atoms with Crippen LogP contribution in [0.5, 0.6) is 11.5 Å². The van der Waals surface area contributed by atoms with Crippen molar-refractivity contribution in [2.75, 3.05) is 7.11 Å². The average molecular weight is 452 g/mol. The fourth-order valence-electron chi connectivity index (χ4n) is 2.99. The van der Waals surface area contributed by atoms with Crippen LogP contribution < -0.4 is 9.47 Å². The summed E-state index contributed by atoms with van der Waals surface area (Å²) >= 11 is 6.04. The third kappa shape index (κ3) is 4.53. The summed E-state index contributed by atoms with van der Waals surface area (Å²) in [6.07, 6.45) is 1.48. The number of benzene rings is 3. The largest absolute Gasteiger partial charge is 0.496 e. The van der Waals surface area contributed by atoms with E-state index in [1.807, 2.05) is 0 Å². The Balaban J connectivity index is 1.59. The summed E-state index contributed by atoms with van der Waals surface area (Å²) in [6, 6.07) is 16.8. The lowest BCUT2D eigenvalue weighted by molar-refractivity contribution is -0.129. The molecule has 0 amide bonds. The molecule has 0 N–H and O–H groups in total. The number of halogens is 2. The molecule has 0 aliphatic carbocycles. The summed E-state index contributed by atoms with van der Waals surface area (Å²) in [5.74, 6) is -1.48. The van der Waals surface area contributed by atoms with Gasteiger partial charge in [-0.25, -0.2) is 19.0 Å². The van der Waals surface area contributed by atoms with Crippen LogP contribution in [0.3, 0.4) is 0 Å². The third-order valence-electron chi connectivity index (χ3n) is 4.48. The Kier molecular flexibility index (Phi) is 6.00. The maximum absolute atomic E-state index is 13.8. The lowest BCUT2D eigenvalue weighted by Crippen LogP contribution is -2.10. The minimum atomic E-state index is -0.832. The van der Waals surface area contributed by atoms with Gasteiger partial charge in [0.25, 0.3) is 0 Å². The Morgan fingerprint density at radius 3 is 2.69 bits per heavy atom. The Bertz CT molecular complexity index is 1280. The zero-order valence-corrected chi connectivity index (χ0v) is 17.4. The van der Waals surface area contributed by atoms with Crippen molar-refractivity contribution in [3.05, 3.63) is 100.0 Å². The van der Waals surface area contributed by atoms with E-state index in [0.29, 0.717) is 21.9 Å². The van der Waals surface area contributed by atoms with Gasteiger partial charge in [0.05, 0.1) is 18.2 Å². The highest BCUT2D eigenvalue weighted by atomic mass is 35.5. The van der Waals surface area contributed by atoms with Crippen molar-refractivity contribution in [3.8, 4) is 11.5 Å². The minimum Gasteiger partial charge on any atom is -0.496 e. The van der Waals surface area contributed by atoms with Gasteiger partial charge in [-0.2, -0.15) is 0 Å². The highest BCUT2D eigenvalue weighted by molar-refractivity contribution is 6.31. The topological polar surface area (TPSA) is 74.2 Å². The molecule has 160 valence electrons. The molecule has 0 aromatic heterocycles. The molecule has 8 heteroatoms. The number of nitrogens with zero attached hydrogens (tertiary/aromatic N) is 1. The first-order chi connectivity index (χ1) is 15.4. The lowest BCUT2D eigenvalue weighted by Gasteiger charge is -2.07. The van der Waals surface area contributed by atoms with E-state index >= 15 is 0 Å². The van der Waals surface area contributed by atoms with E-state index in [9.17, 15) is 14.0 Å². The van der Waals surface area contributed by atoms with Crippen molar-refractivity contribution in [1.29, 1.82) is 0 Å². The zero-order valence-electron chi connectivity index (χ0n) is 16.7. The third-order valence-corrected chi connectivity index (χ3v) is 4.71. The molecule has 0 atom stereocenters. The van der Waals surface area contributed by atoms with E-state index in [2.05, 4.69) is 4.99 Å². The van der Waals surface area contributed by atoms with Crippen LogP contribution in [0.4, 0.5) is 4.39 Å². The molecule has 3 aromatic rings. The van der Waals surface area contributed by atoms with E-state index in [-0.39, 0.29) is 22.9 Å². The molecule has 0 fully saturated rings. The minimum absolute atomic E-state index is 0.0413. The van der Waals surface area contributed by atoms with Gasteiger partial charge in [-0.3, -0.25) is 0 Å². The number of aliphatic imine (C=N–C) groups is 1. The predicted octanol–water partition coefficient (Wildman–Crippen LogP) is 5.05. The van der Waals surface area contributed by atoms with Gasteiger partial charge in [0, 0.05) is 5.02 Å². The molecule has 3 aromatic carbocycles. The number of carbonyl (C=O) groups excluding carboxylic acids is 2. The average Bonchev–Trinajstić information content (AvgIpc) is 3.14. The van der Waals surface area contributed by atoms with Crippen LogP contribution in [0, 0.1) is 5.82 Å². The summed E-state index contributed by atoms with van der Waals surface area (Å²) in [7, 11) is 1.48. The number of rotatable bonds is 5. The second kappa shape index (κ2) is 9.03. The molecule has 0 spiro atoms. The molecule has 0 radical (unpaired) electrons.